The minimum Gasteiger partial charge on any atom is -0.267 e. The van der Waals surface area contributed by atoms with Gasteiger partial charge in [-0.1, -0.05) is 15.9 Å². The Morgan fingerprint density at radius 3 is 2.23 bits per heavy atom. The van der Waals surface area contributed by atoms with Crippen LogP contribution in [0, 0.1) is 6.92 Å². The molecule has 0 atom stereocenters. The van der Waals surface area contributed by atoms with Gasteiger partial charge in [0.15, 0.2) is 0 Å². The molecule has 0 aromatic carbocycles. The maximum Gasteiger partial charge on any atom is 0.0634 e. The Balaban J connectivity index is 0.00000144. The average molecular weight is 312 g/mol. The van der Waals surface area contributed by atoms with Crippen LogP contribution in [0.2, 0.25) is 0 Å². The van der Waals surface area contributed by atoms with Crippen LogP contribution in [0.25, 0.3) is 0 Å². The van der Waals surface area contributed by atoms with E-state index in [1.807, 2.05) is 11.6 Å². The topological polar surface area (TPSA) is 17.8 Å². The van der Waals surface area contributed by atoms with Gasteiger partial charge in [0, 0.05) is 17.1 Å². The lowest BCUT2D eigenvalue weighted by Gasteiger charge is -2.18. The van der Waals surface area contributed by atoms with Gasteiger partial charge >= 0.3 is 0 Å². The molecule has 1 rings (SSSR count). The molecule has 0 N–H and O–H groups in total. The molecule has 0 bridgehead atoms. The second-order valence-corrected chi connectivity index (χ2v) is 4.55. The molecule has 0 amide bonds. The summed E-state index contributed by atoms with van der Waals surface area (Å²) < 4.78 is 2.01. The Hall–Kier alpha value is 0.170. The van der Waals surface area contributed by atoms with Crippen LogP contribution in [-0.2, 0) is 10.9 Å². The van der Waals surface area contributed by atoms with Crippen LogP contribution < -0.4 is 0 Å². The Kier molecular flexibility index (Phi) is 4.66. The van der Waals surface area contributed by atoms with Crippen molar-refractivity contribution >= 4 is 32.9 Å². The smallest absolute Gasteiger partial charge is 0.0634 e. The molecule has 0 aliphatic heterocycles. The van der Waals surface area contributed by atoms with Gasteiger partial charge in [0.25, 0.3) is 0 Å². The van der Waals surface area contributed by atoms with Gasteiger partial charge in [0.1, 0.15) is 0 Å². The molecule has 0 aliphatic rings. The number of alkyl halides is 1. The van der Waals surface area contributed by atoms with Crippen LogP contribution in [0.1, 0.15) is 32.0 Å². The fourth-order valence-corrected chi connectivity index (χ4v) is 1.52. The molecule has 0 saturated carbocycles. The van der Waals surface area contributed by atoms with Crippen LogP contribution >= 0.6 is 32.9 Å². The Morgan fingerprint density at radius 2 is 2.00 bits per heavy atom. The van der Waals surface area contributed by atoms with E-state index in [0.717, 1.165) is 11.0 Å². The zero-order valence-electron chi connectivity index (χ0n) is 8.47. The minimum absolute atomic E-state index is 0. The van der Waals surface area contributed by atoms with Crippen molar-refractivity contribution in [2.24, 2.45) is 0 Å². The van der Waals surface area contributed by atoms with Gasteiger partial charge in [-0.3, -0.25) is 4.68 Å². The Labute approximate surface area is 98.6 Å². The minimum atomic E-state index is 0. The molecule has 2 nitrogen and oxygen atoms in total. The van der Waals surface area contributed by atoms with Crippen LogP contribution in [0.3, 0.4) is 0 Å². The first-order valence-electron chi connectivity index (χ1n) is 4.06. The molecule has 0 saturated heterocycles. The zero-order valence-corrected chi connectivity index (χ0v) is 11.8. The highest BCUT2D eigenvalue weighted by atomic mass is 79.9. The molecular weight excluding hydrogens is 296 g/mol. The van der Waals surface area contributed by atoms with E-state index in [1.54, 1.807) is 0 Å². The third-order valence-electron chi connectivity index (χ3n) is 1.83. The summed E-state index contributed by atoms with van der Waals surface area (Å²) in [6, 6.07) is 0. The fourth-order valence-electron chi connectivity index (χ4n) is 0.971. The third kappa shape index (κ3) is 3.09. The van der Waals surface area contributed by atoms with Crippen molar-refractivity contribution in [3.05, 3.63) is 17.5 Å². The van der Waals surface area contributed by atoms with E-state index >= 15 is 0 Å². The summed E-state index contributed by atoms with van der Waals surface area (Å²) in [5.74, 6) is 0. The number of rotatable bonds is 1. The van der Waals surface area contributed by atoms with Crippen molar-refractivity contribution < 1.29 is 0 Å². The molecule has 4 heteroatoms. The molecule has 0 unspecified atom stereocenters. The third-order valence-corrected chi connectivity index (χ3v) is 2.44. The predicted molar refractivity (Wildman–Crippen MR) is 64.9 cm³/mol. The van der Waals surface area contributed by atoms with Gasteiger partial charge < -0.3 is 0 Å². The summed E-state index contributed by atoms with van der Waals surface area (Å²) in [5.41, 5.74) is 2.47. The normalized spacial score (nSPS) is 11.2. The maximum atomic E-state index is 4.44. The largest absolute Gasteiger partial charge is 0.267 e. The lowest BCUT2D eigenvalue weighted by Crippen LogP contribution is -2.22. The van der Waals surface area contributed by atoms with Crippen LogP contribution in [0.5, 0.6) is 0 Å². The van der Waals surface area contributed by atoms with E-state index in [9.17, 15) is 0 Å². The molecule has 1 aromatic rings. The second kappa shape index (κ2) is 4.60. The molecule has 76 valence electrons. The van der Waals surface area contributed by atoms with Gasteiger partial charge in [-0.2, -0.15) is 5.10 Å². The lowest BCUT2D eigenvalue weighted by atomic mass is 10.1. The van der Waals surface area contributed by atoms with Crippen molar-refractivity contribution in [1.29, 1.82) is 0 Å². The summed E-state index contributed by atoms with van der Waals surface area (Å²) >= 11 is 3.44. The fraction of sp³-hybridized carbons (Fsp3) is 0.667. The zero-order chi connectivity index (χ0) is 9.35. The first kappa shape index (κ1) is 13.2. The highest BCUT2D eigenvalue weighted by molar-refractivity contribution is 9.08. The molecule has 0 radical (unpaired) electrons. The number of aryl methyl sites for hydroxylation is 1. The van der Waals surface area contributed by atoms with E-state index in [2.05, 4.69) is 48.0 Å². The summed E-state index contributed by atoms with van der Waals surface area (Å²) in [4.78, 5) is 0. The van der Waals surface area contributed by atoms with E-state index in [-0.39, 0.29) is 22.5 Å². The standard InChI is InChI=1S/C9H15BrN2.BrH/c1-7-8(5-10)6-12(11-7)9(2,3)4;/h6H,5H2,1-4H3;1H. The van der Waals surface area contributed by atoms with Gasteiger partial charge in [0.05, 0.1) is 11.2 Å². The molecule has 0 fully saturated rings. The van der Waals surface area contributed by atoms with E-state index in [0.29, 0.717) is 0 Å². The first-order chi connectivity index (χ1) is 5.45. The van der Waals surface area contributed by atoms with E-state index in [1.165, 1.54) is 5.56 Å². The van der Waals surface area contributed by atoms with Gasteiger partial charge in [0.2, 0.25) is 0 Å². The molecule has 13 heavy (non-hydrogen) atoms. The Bertz CT molecular complexity index is 274. The molecule has 0 spiro atoms. The first-order valence-corrected chi connectivity index (χ1v) is 5.19. The quantitative estimate of drug-likeness (QED) is 0.727. The van der Waals surface area contributed by atoms with Crippen molar-refractivity contribution in [2.75, 3.05) is 0 Å². The molecule has 0 aliphatic carbocycles. The number of aromatic nitrogens is 2. The number of hydrogen-bond donors (Lipinski definition) is 0. The van der Waals surface area contributed by atoms with E-state index in [4.69, 9.17) is 0 Å². The van der Waals surface area contributed by atoms with Crippen molar-refractivity contribution in [2.45, 2.75) is 38.6 Å². The lowest BCUT2D eigenvalue weighted by molar-refractivity contribution is 0.354. The number of halogens is 2. The second-order valence-electron chi connectivity index (χ2n) is 3.99. The van der Waals surface area contributed by atoms with Crippen molar-refractivity contribution in [3.8, 4) is 0 Å². The van der Waals surface area contributed by atoms with Gasteiger partial charge in [-0.25, -0.2) is 0 Å². The Morgan fingerprint density at radius 1 is 1.46 bits per heavy atom. The SMILES string of the molecule is Br.Cc1nn(C(C)(C)C)cc1CBr. The summed E-state index contributed by atoms with van der Waals surface area (Å²) in [5, 5.41) is 5.32. The maximum absolute atomic E-state index is 4.44. The average Bonchev–Trinajstić information content (AvgIpc) is 2.29. The predicted octanol–water partition coefficient (Wildman–Crippen LogP) is 3.42. The van der Waals surface area contributed by atoms with Crippen LogP contribution in [-0.4, -0.2) is 9.78 Å². The van der Waals surface area contributed by atoms with Gasteiger partial charge in [-0.05, 0) is 27.7 Å². The molecule has 1 aromatic heterocycles. The van der Waals surface area contributed by atoms with E-state index < -0.39 is 0 Å². The summed E-state index contributed by atoms with van der Waals surface area (Å²) in [7, 11) is 0. The highest BCUT2D eigenvalue weighted by Crippen LogP contribution is 2.17. The molecule has 1 heterocycles. The summed E-state index contributed by atoms with van der Waals surface area (Å²) in [6.07, 6.45) is 2.10. The van der Waals surface area contributed by atoms with Crippen molar-refractivity contribution in [3.63, 3.8) is 0 Å². The number of hydrogen-bond acceptors (Lipinski definition) is 1. The summed E-state index contributed by atoms with van der Waals surface area (Å²) in [6.45, 7) is 8.49. The van der Waals surface area contributed by atoms with Crippen LogP contribution in [0.15, 0.2) is 6.20 Å². The van der Waals surface area contributed by atoms with Crippen LogP contribution in [0.4, 0.5) is 0 Å². The van der Waals surface area contributed by atoms with Crippen molar-refractivity contribution in [1.82, 2.24) is 9.78 Å². The molecular formula is C9H16Br2N2. The van der Waals surface area contributed by atoms with Gasteiger partial charge in [-0.15, -0.1) is 17.0 Å². The monoisotopic (exact) mass is 310 g/mol. The number of nitrogens with zero attached hydrogens (tertiary/aromatic N) is 2. The highest BCUT2D eigenvalue weighted by Gasteiger charge is 2.15.